The van der Waals surface area contributed by atoms with Gasteiger partial charge in [0.2, 0.25) is 0 Å². The maximum absolute atomic E-state index is 12.6. The van der Waals surface area contributed by atoms with Gasteiger partial charge in [-0.1, -0.05) is 36.4 Å². The van der Waals surface area contributed by atoms with Gasteiger partial charge in [-0.2, -0.15) is 0 Å². The zero-order chi connectivity index (χ0) is 19.1. The fourth-order valence-corrected chi connectivity index (χ4v) is 4.01. The van der Waals surface area contributed by atoms with Gasteiger partial charge in [-0.3, -0.25) is 14.6 Å². The van der Waals surface area contributed by atoms with Crippen molar-refractivity contribution in [1.29, 1.82) is 0 Å². The highest BCUT2D eigenvalue weighted by atomic mass is 16.2. The number of amides is 2. The normalized spacial score (nSPS) is 15.1. The summed E-state index contributed by atoms with van der Waals surface area (Å²) in [6.07, 6.45) is 1.76. The molecule has 2 amide bonds. The Labute approximate surface area is 163 Å². The number of benzene rings is 2. The largest absolute Gasteiger partial charge is 0.330 e. The molecule has 5 rings (SSSR count). The van der Waals surface area contributed by atoms with E-state index >= 15 is 0 Å². The number of aromatic nitrogens is 1. The van der Waals surface area contributed by atoms with Crippen LogP contribution in [-0.2, 0) is 26.2 Å². The Morgan fingerprint density at radius 1 is 0.750 bits per heavy atom. The first-order chi connectivity index (χ1) is 13.7. The fraction of sp³-hybridized carbons (Fsp3) is 0.174. The maximum atomic E-state index is 12.6. The summed E-state index contributed by atoms with van der Waals surface area (Å²) in [5.41, 5.74) is 5.56. The molecule has 2 aromatic carbocycles. The Bertz CT molecular complexity index is 1010. The van der Waals surface area contributed by atoms with Crippen molar-refractivity contribution in [3.8, 4) is 0 Å². The molecule has 2 aliphatic heterocycles. The lowest BCUT2D eigenvalue weighted by atomic mass is 10.1. The highest BCUT2D eigenvalue weighted by Crippen LogP contribution is 2.26. The second-order valence-electron chi connectivity index (χ2n) is 7.29. The number of pyridine rings is 1. The molecule has 5 nitrogen and oxygen atoms in total. The zero-order valence-corrected chi connectivity index (χ0v) is 15.3. The van der Waals surface area contributed by atoms with Crippen molar-refractivity contribution in [2.45, 2.75) is 26.2 Å². The van der Waals surface area contributed by atoms with Crippen LogP contribution >= 0.6 is 0 Å². The molecule has 0 N–H and O–H groups in total. The van der Waals surface area contributed by atoms with Gasteiger partial charge in [0.25, 0.3) is 11.8 Å². The van der Waals surface area contributed by atoms with Crippen molar-refractivity contribution in [2.24, 2.45) is 0 Å². The van der Waals surface area contributed by atoms with E-state index in [4.69, 9.17) is 0 Å². The Hall–Kier alpha value is -3.47. The SMILES string of the molecule is O=C1c2ccccc2CN1Cc1ccnc(CN2Cc3ccccc3C2=O)c1. The summed E-state index contributed by atoms with van der Waals surface area (Å²) in [5.74, 6) is 0.118. The predicted octanol–water partition coefficient (Wildman–Crippen LogP) is 3.39. The van der Waals surface area contributed by atoms with Gasteiger partial charge in [-0.25, -0.2) is 0 Å². The lowest BCUT2D eigenvalue weighted by Crippen LogP contribution is -2.25. The predicted molar refractivity (Wildman–Crippen MR) is 104 cm³/mol. The van der Waals surface area contributed by atoms with Crippen LogP contribution in [0.4, 0.5) is 0 Å². The maximum Gasteiger partial charge on any atom is 0.254 e. The summed E-state index contributed by atoms with van der Waals surface area (Å²) in [6, 6.07) is 19.4. The van der Waals surface area contributed by atoms with E-state index < -0.39 is 0 Å². The molecule has 3 aromatic rings. The molecule has 0 spiro atoms. The van der Waals surface area contributed by atoms with E-state index in [2.05, 4.69) is 4.98 Å². The summed E-state index contributed by atoms with van der Waals surface area (Å²) < 4.78 is 0. The first-order valence-corrected chi connectivity index (χ1v) is 9.37. The standard InChI is InChI=1S/C23H19N3O2/c27-22-20-7-3-1-5-17(20)13-25(22)12-16-9-10-24-19(11-16)15-26-14-18-6-2-4-8-21(18)23(26)28/h1-11H,12-15H2. The molecule has 0 bridgehead atoms. The van der Waals surface area contributed by atoms with Crippen LogP contribution in [-0.4, -0.2) is 26.6 Å². The molecule has 0 saturated carbocycles. The highest BCUT2D eigenvalue weighted by molar-refractivity contribution is 5.98. The Morgan fingerprint density at radius 2 is 1.32 bits per heavy atom. The Kier molecular flexibility index (Phi) is 3.93. The molecule has 0 fully saturated rings. The van der Waals surface area contributed by atoms with Crippen molar-refractivity contribution in [2.75, 3.05) is 0 Å². The number of nitrogens with zero attached hydrogens (tertiary/aromatic N) is 3. The number of fused-ring (bicyclic) bond motifs is 2. The van der Waals surface area contributed by atoms with Crippen LogP contribution in [0.25, 0.3) is 0 Å². The van der Waals surface area contributed by atoms with Crippen molar-refractivity contribution < 1.29 is 9.59 Å². The van der Waals surface area contributed by atoms with Gasteiger partial charge in [-0.15, -0.1) is 0 Å². The van der Waals surface area contributed by atoms with Crippen LogP contribution in [0, 0.1) is 0 Å². The van der Waals surface area contributed by atoms with E-state index in [1.165, 1.54) is 0 Å². The molecule has 0 aliphatic carbocycles. The number of carbonyl (C=O) groups excluding carboxylic acids is 2. The van der Waals surface area contributed by atoms with E-state index in [9.17, 15) is 9.59 Å². The Balaban J connectivity index is 1.30. The first kappa shape index (κ1) is 16.7. The van der Waals surface area contributed by atoms with Crippen LogP contribution in [0.5, 0.6) is 0 Å². The molecule has 28 heavy (non-hydrogen) atoms. The van der Waals surface area contributed by atoms with E-state index in [-0.39, 0.29) is 11.8 Å². The second kappa shape index (κ2) is 6.60. The van der Waals surface area contributed by atoms with E-state index in [0.29, 0.717) is 26.2 Å². The average molecular weight is 369 g/mol. The summed E-state index contributed by atoms with van der Waals surface area (Å²) in [7, 11) is 0. The molecule has 3 heterocycles. The summed E-state index contributed by atoms with van der Waals surface area (Å²) in [4.78, 5) is 33.3. The number of hydrogen-bond donors (Lipinski definition) is 0. The lowest BCUT2D eigenvalue weighted by Gasteiger charge is -2.18. The van der Waals surface area contributed by atoms with Crippen LogP contribution in [0.3, 0.4) is 0 Å². The van der Waals surface area contributed by atoms with Gasteiger partial charge in [0.1, 0.15) is 0 Å². The van der Waals surface area contributed by atoms with Crippen LogP contribution < -0.4 is 0 Å². The van der Waals surface area contributed by atoms with Crippen molar-refractivity contribution in [3.63, 3.8) is 0 Å². The fourth-order valence-electron chi connectivity index (χ4n) is 4.01. The molecule has 138 valence electrons. The minimum absolute atomic E-state index is 0.0490. The molecule has 0 unspecified atom stereocenters. The first-order valence-electron chi connectivity index (χ1n) is 9.37. The van der Waals surface area contributed by atoms with Crippen molar-refractivity contribution >= 4 is 11.8 Å². The van der Waals surface area contributed by atoms with Crippen LogP contribution in [0.1, 0.15) is 43.1 Å². The average Bonchev–Trinajstić information content (AvgIpc) is 3.20. The number of carbonyl (C=O) groups is 2. The van der Waals surface area contributed by atoms with Crippen molar-refractivity contribution in [3.05, 3.63) is 100 Å². The molecular weight excluding hydrogens is 350 g/mol. The van der Waals surface area contributed by atoms with Gasteiger partial charge < -0.3 is 9.80 Å². The molecule has 0 saturated heterocycles. The Morgan fingerprint density at radius 3 is 1.93 bits per heavy atom. The van der Waals surface area contributed by atoms with Gasteiger partial charge in [0.05, 0.1) is 12.2 Å². The van der Waals surface area contributed by atoms with Gasteiger partial charge in [-0.05, 0) is 41.0 Å². The summed E-state index contributed by atoms with van der Waals surface area (Å²) in [6.45, 7) is 2.25. The molecule has 0 radical (unpaired) electrons. The second-order valence-corrected chi connectivity index (χ2v) is 7.29. The van der Waals surface area contributed by atoms with Crippen LogP contribution in [0.2, 0.25) is 0 Å². The molecule has 1 aromatic heterocycles. The molecular formula is C23H19N3O2. The third kappa shape index (κ3) is 2.85. The van der Waals surface area contributed by atoms with Gasteiger partial charge in [0, 0.05) is 37.0 Å². The van der Waals surface area contributed by atoms with Crippen LogP contribution in [0.15, 0.2) is 66.9 Å². The summed E-state index contributed by atoms with van der Waals surface area (Å²) in [5, 5.41) is 0. The quantitative estimate of drug-likeness (QED) is 0.708. The molecule has 0 atom stereocenters. The molecule has 5 heteroatoms. The van der Waals surface area contributed by atoms with E-state index in [1.54, 1.807) is 6.20 Å². The minimum Gasteiger partial charge on any atom is -0.330 e. The van der Waals surface area contributed by atoms with Gasteiger partial charge >= 0.3 is 0 Å². The molecule has 2 aliphatic rings. The number of hydrogen-bond acceptors (Lipinski definition) is 3. The highest BCUT2D eigenvalue weighted by Gasteiger charge is 2.28. The monoisotopic (exact) mass is 369 g/mol. The summed E-state index contributed by atoms with van der Waals surface area (Å²) >= 11 is 0. The van der Waals surface area contributed by atoms with Gasteiger partial charge in [0.15, 0.2) is 0 Å². The smallest absolute Gasteiger partial charge is 0.254 e. The third-order valence-corrected chi connectivity index (χ3v) is 5.40. The zero-order valence-electron chi connectivity index (χ0n) is 15.3. The number of rotatable bonds is 4. The third-order valence-electron chi connectivity index (χ3n) is 5.40. The van der Waals surface area contributed by atoms with E-state index in [1.807, 2.05) is 70.5 Å². The topological polar surface area (TPSA) is 53.5 Å². The minimum atomic E-state index is 0.0490. The lowest BCUT2D eigenvalue weighted by molar-refractivity contribution is 0.0761. The van der Waals surface area contributed by atoms with E-state index in [0.717, 1.165) is 33.5 Å². The van der Waals surface area contributed by atoms with Crippen molar-refractivity contribution in [1.82, 2.24) is 14.8 Å².